The number of carbonyl (C=O) groups is 1. The van der Waals surface area contributed by atoms with E-state index in [9.17, 15) is 18.0 Å². The predicted octanol–water partition coefficient (Wildman–Crippen LogP) is 2.37. The first-order chi connectivity index (χ1) is 10.3. The number of nitrogens with one attached hydrogen (secondary N) is 1. The van der Waals surface area contributed by atoms with Crippen molar-refractivity contribution in [2.24, 2.45) is 11.7 Å². The summed E-state index contributed by atoms with van der Waals surface area (Å²) >= 11 is 0. The normalized spacial score (nSPS) is 21.6. The lowest BCUT2D eigenvalue weighted by atomic mass is 10.1. The van der Waals surface area contributed by atoms with Gasteiger partial charge in [-0.25, -0.2) is 0 Å². The molecule has 1 aromatic carbocycles. The number of ether oxygens (including phenoxy) is 1. The average molecular weight is 316 g/mol. The smallest absolute Gasteiger partial charge is 0.406 e. The fraction of sp³-hybridized carbons (Fsp3) is 0.533. The van der Waals surface area contributed by atoms with Crippen LogP contribution in [-0.4, -0.2) is 24.9 Å². The van der Waals surface area contributed by atoms with E-state index in [2.05, 4.69) is 10.1 Å². The van der Waals surface area contributed by atoms with Gasteiger partial charge in [0.25, 0.3) is 0 Å². The Morgan fingerprint density at radius 1 is 1.32 bits per heavy atom. The minimum atomic E-state index is -4.72. The van der Waals surface area contributed by atoms with Crippen molar-refractivity contribution < 1.29 is 22.7 Å². The summed E-state index contributed by atoms with van der Waals surface area (Å²) in [5.74, 6) is -0.397. The van der Waals surface area contributed by atoms with Gasteiger partial charge < -0.3 is 15.8 Å². The number of rotatable bonds is 5. The van der Waals surface area contributed by atoms with E-state index in [0.29, 0.717) is 12.0 Å². The van der Waals surface area contributed by atoms with Gasteiger partial charge in [-0.15, -0.1) is 13.2 Å². The number of nitrogens with two attached hydrogens (primary N) is 1. The molecule has 1 aliphatic rings. The molecule has 122 valence electrons. The third-order valence-corrected chi connectivity index (χ3v) is 3.74. The van der Waals surface area contributed by atoms with Gasteiger partial charge in [0.15, 0.2) is 0 Å². The van der Waals surface area contributed by atoms with Crippen LogP contribution in [0.25, 0.3) is 0 Å². The van der Waals surface area contributed by atoms with E-state index in [1.165, 1.54) is 12.1 Å². The number of hydrogen-bond donors (Lipinski definition) is 2. The predicted molar refractivity (Wildman–Crippen MR) is 75.2 cm³/mol. The summed E-state index contributed by atoms with van der Waals surface area (Å²) in [5, 5.41) is 2.75. The molecule has 0 radical (unpaired) electrons. The van der Waals surface area contributed by atoms with Crippen molar-refractivity contribution in [3.05, 3.63) is 29.8 Å². The van der Waals surface area contributed by atoms with Crippen molar-refractivity contribution >= 4 is 5.91 Å². The van der Waals surface area contributed by atoms with Crippen molar-refractivity contribution in [2.45, 2.75) is 38.1 Å². The average Bonchev–Trinajstić information content (AvgIpc) is 2.86. The Kier molecular flexibility index (Phi) is 5.28. The summed E-state index contributed by atoms with van der Waals surface area (Å²) in [6.07, 6.45) is -2.18. The summed E-state index contributed by atoms with van der Waals surface area (Å²) < 4.78 is 40.9. The highest BCUT2D eigenvalue weighted by Gasteiger charge is 2.32. The maximum absolute atomic E-state index is 12.3. The molecule has 0 saturated heterocycles. The van der Waals surface area contributed by atoms with E-state index in [1.807, 2.05) is 0 Å². The van der Waals surface area contributed by atoms with Crippen LogP contribution in [-0.2, 0) is 11.2 Å². The van der Waals surface area contributed by atoms with Crippen LogP contribution in [0.1, 0.15) is 24.8 Å². The fourth-order valence-electron chi connectivity index (χ4n) is 2.65. The topological polar surface area (TPSA) is 64.4 Å². The summed E-state index contributed by atoms with van der Waals surface area (Å²) in [6.45, 7) is 0.267. The van der Waals surface area contributed by atoms with Crippen LogP contribution in [0.4, 0.5) is 13.2 Å². The fourth-order valence-corrected chi connectivity index (χ4v) is 2.65. The van der Waals surface area contributed by atoms with Crippen molar-refractivity contribution in [1.82, 2.24) is 5.32 Å². The van der Waals surface area contributed by atoms with E-state index >= 15 is 0 Å². The van der Waals surface area contributed by atoms with E-state index in [-0.39, 0.29) is 36.6 Å². The van der Waals surface area contributed by atoms with Crippen LogP contribution in [0.15, 0.2) is 24.3 Å². The number of hydrogen-bond acceptors (Lipinski definition) is 3. The Morgan fingerprint density at radius 3 is 2.68 bits per heavy atom. The number of alkyl halides is 3. The minimum Gasteiger partial charge on any atom is -0.406 e. The standard InChI is InChI=1S/C15H19F3N2O2/c16-15(17,18)22-13-4-2-1-3-10(13)7-8-20-14(21)11-5-6-12(19)9-11/h1-4,11-12H,5-9,19H2,(H,20,21)/t11-,12+/m0/s1. The van der Waals surface area contributed by atoms with Crippen molar-refractivity contribution in [3.63, 3.8) is 0 Å². The molecule has 0 aliphatic heterocycles. The molecule has 1 aliphatic carbocycles. The van der Waals surface area contributed by atoms with Crippen LogP contribution in [0.5, 0.6) is 5.75 Å². The van der Waals surface area contributed by atoms with Crippen LogP contribution < -0.4 is 15.8 Å². The van der Waals surface area contributed by atoms with Crippen LogP contribution in [0, 0.1) is 5.92 Å². The molecule has 22 heavy (non-hydrogen) atoms. The summed E-state index contributed by atoms with van der Waals surface area (Å²) in [4.78, 5) is 11.9. The third kappa shape index (κ3) is 4.91. The molecule has 0 unspecified atom stereocenters. The molecule has 0 heterocycles. The van der Waals surface area contributed by atoms with Gasteiger partial charge in [0.1, 0.15) is 5.75 Å². The van der Waals surface area contributed by atoms with E-state index in [4.69, 9.17) is 5.73 Å². The van der Waals surface area contributed by atoms with Gasteiger partial charge in [-0.2, -0.15) is 0 Å². The highest BCUT2D eigenvalue weighted by Crippen LogP contribution is 2.27. The molecule has 1 saturated carbocycles. The number of amides is 1. The first-order valence-electron chi connectivity index (χ1n) is 7.22. The molecule has 1 amide bonds. The number of carbonyl (C=O) groups excluding carboxylic acids is 1. The second-order valence-electron chi connectivity index (χ2n) is 5.47. The van der Waals surface area contributed by atoms with Gasteiger partial charge in [-0.3, -0.25) is 4.79 Å². The molecule has 4 nitrogen and oxygen atoms in total. The summed E-state index contributed by atoms with van der Waals surface area (Å²) in [6, 6.07) is 6.00. The Morgan fingerprint density at radius 2 is 2.05 bits per heavy atom. The van der Waals surface area contributed by atoms with E-state index in [0.717, 1.165) is 12.8 Å². The molecule has 1 fully saturated rings. The molecule has 0 aromatic heterocycles. The van der Waals surface area contributed by atoms with Gasteiger partial charge in [0.2, 0.25) is 5.91 Å². The zero-order chi connectivity index (χ0) is 16.2. The first kappa shape index (κ1) is 16.6. The summed E-state index contributed by atoms with van der Waals surface area (Å²) in [5.41, 5.74) is 6.16. The molecule has 2 rings (SSSR count). The number of para-hydroxylation sites is 1. The molecule has 1 aromatic rings. The molecule has 0 spiro atoms. The van der Waals surface area contributed by atoms with Crippen LogP contribution in [0.3, 0.4) is 0 Å². The second kappa shape index (κ2) is 7.00. The van der Waals surface area contributed by atoms with Crippen molar-refractivity contribution in [1.29, 1.82) is 0 Å². The summed E-state index contributed by atoms with van der Waals surface area (Å²) in [7, 11) is 0. The first-order valence-corrected chi connectivity index (χ1v) is 7.22. The zero-order valence-electron chi connectivity index (χ0n) is 12.0. The third-order valence-electron chi connectivity index (χ3n) is 3.74. The molecular formula is C15H19F3N2O2. The lowest BCUT2D eigenvalue weighted by Crippen LogP contribution is -2.32. The highest BCUT2D eigenvalue weighted by molar-refractivity contribution is 5.79. The maximum atomic E-state index is 12.3. The molecule has 7 heteroatoms. The van der Waals surface area contributed by atoms with Gasteiger partial charge in [-0.1, -0.05) is 18.2 Å². The number of halogens is 3. The largest absolute Gasteiger partial charge is 0.573 e. The second-order valence-corrected chi connectivity index (χ2v) is 5.47. The van der Waals surface area contributed by atoms with Gasteiger partial charge >= 0.3 is 6.36 Å². The molecule has 3 N–H and O–H groups in total. The highest BCUT2D eigenvalue weighted by atomic mass is 19.4. The zero-order valence-corrected chi connectivity index (χ0v) is 12.0. The molecule has 2 atom stereocenters. The van der Waals surface area contributed by atoms with E-state index in [1.54, 1.807) is 12.1 Å². The van der Waals surface area contributed by atoms with Crippen molar-refractivity contribution in [3.8, 4) is 5.75 Å². The number of benzene rings is 1. The van der Waals surface area contributed by atoms with Crippen LogP contribution in [0.2, 0.25) is 0 Å². The van der Waals surface area contributed by atoms with Gasteiger partial charge in [0.05, 0.1) is 0 Å². The van der Waals surface area contributed by atoms with E-state index < -0.39 is 6.36 Å². The molecule has 0 bridgehead atoms. The lowest BCUT2D eigenvalue weighted by molar-refractivity contribution is -0.274. The van der Waals surface area contributed by atoms with Gasteiger partial charge in [-0.05, 0) is 37.3 Å². The SMILES string of the molecule is N[C@@H]1CC[C@H](C(=O)NCCc2ccccc2OC(F)(F)F)C1. The van der Waals surface area contributed by atoms with Gasteiger partial charge in [0, 0.05) is 18.5 Å². The van der Waals surface area contributed by atoms with Crippen molar-refractivity contribution in [2.75, 3.05) is 6.54 Å². The molecular weight excluding hydrogens is 297 g/mol. The minimum absolute atomic E-state index is 0.0664. The van der Waals surface area contributed by atoms with Crippen LogP contribution >= 0.6 is 0 Å². The lowest BCUT2D eigenvalue weighted by Gasteiger charge is -2.14. The Labute approximate surface area is 126 Å². The maximum Gasteiger partial charge on any atom is 0.573 e. The Balaban J connectivity index is 1.85. The quantitative estimate of drug-likeness (QED) is 0.876. The Bertz CT molecular complexity index is 520. The monoisotopic (exact) mass is 316 g/mol. The Hall–Kier alpha value is -1.76.